The number of nitrogens with zero attached hydrogens (tertiary/aromatic N) is 1. The van der Waals surface area contributed by atoms with Gasteiger partial charge in [-0.05, 0) is 25.7 Å². The summed E-state index contributed by atoms with van der Waals surface area (Å²) in [6.45, 7) is 1.95. The molecule has 1 aliphatic rings. The highest BCUT2D eigenvalue weighted by atomic mass is 16.4. The zero-order valence-electron chi connectivity index (χ0n) is 11.4. The molecule has 110 valence electrons. The van der Waals surface area contributed by atoms with Crippen LogP contribution in [0.15, 0.2) is 12.5 Å². The molecule has 0 aliphatic heterocycles. The van der Waals surface area contributed by atoms with Gasteiger partial charge in [-0.1, -0.05) is 6.42 Å². The highest BCUT2D eigenvalue weighted by molar-refractivity contribution is 5.82. The zero-order chi connectivity index (χ0) is 14.5. The van der Waals surface area contributed by atoms with Crippen molar-refractivity contribution in [3.63, 3.8) is 0 Å². The molecule has 2 rings (SSSR count). The standard InChI is InChI=1S/C13H20N4O3/c1-8(9-3-2-4-9)16-13(20)17-11(12(18)19)5-10-6-14-7-15-10/h6-9,11H,2-5H2,1H3,(H,14,15)(H,18,19)(H2,16,17,20). The maximum absolute atomic E-state index is 11.8. The van der Waals surface area contributed by atoms with Gasteiger partial charge < -0.3 is 20.7 Å². The Morgan fingerprint density at radius 1 is 1.50 bits per heavy atom. The summed E-state index contributed by atoms with van der Waals surface area (Å²) in [5, 5.41) is 14.4. The number of imidazole rings is 1. The first kappa shape index (κ1) is 14.4. The van der Waals surface area contributed by atoms with Crippen LogP contribution in [0.3, 0.4) is 0 Å². The van der Waals surface area contributed by atoms with Crippen LogP contribution in [-0.2, 0) is 11.2 Å². The summed E-state index contributed by atoms with van der Waals surface area (Å²) in [6.07, 6.45) is 6.66. The average Bonchev–Trinajstić information content (AvgIpc) is 2.77. The Hall–Kier alpha value is -2.05. The predicted octanol–water partition coefficient (Wildman–Crippen LogP) is 0.893. The first-order chi connectivity index (χ1) is 9.56. The first-order valence-electron chi connectivity index (χ1n) is 6.83. The molecule has 4 N–H and O–H groups in total. The Bertz CT molecular complexity index is 456. The summed E-state index contributed by atoms with van der Waals surface area (Å²) in [6, 6.07) is -1.33. The molecular formula is C13H20N4O3. The Kier molecular flexibility index (Phi) is 4.60. The van der Waals surface area contributed by atoms with Crippen LogP contribution in [0.4, 0.5) is 4.79 Å². The molecule has 1 aromatic heterocycles. The number of aromatic nitrogens is 2. The number of carboxylic acid groups (broad SMARTS) is 1. The molecule has 0 radical (unpaired) electrons. The van der Waals surface area contributed by atoms with E-state index in [1.807, 2.05) is 6.92 Å². The monoisotopic (exact) mass is 280 g/mol. The van der Waals surface area contributed by atoms with E-state index in [2.05, 4.69) is 20.6 Å². The number of aromatic amines is 1. The predicted molar refractivity (Wildman–Crippen MR) is 72.2 cm³/mol. The minimum absolute atomic E-state index is 0.0744. The summed E-state index contributed by atoms with van der Waals surface area (Å²) in [4.78, 5) is 29.7. The van der Waals surface area contributed by atoms with Gasteiger partial charge in [0.15, 0.2) is 0 Å². The van der Waals surface area contributed by atoms with Crippen molar-refractivity contribution in [2.75, 3.05) is 0 Å². The molecule has 0 aromatic carbocycles. The largest absolute Gasteiger partial charge is 0.480 e. The molecule has 1 aliphatic carbocycles. The molecule has 1 heterocycles. The van der Waals surface area contributed by atoms with Gasteiger partial charge in [-0.2, -0.15) is 0 Å². The number of H-pyrrole nitrogens is 1. The van der Waals surface area contributed by atoms with Gasteiger partial charge in [0.2, 0.25) is 0 Å². The molecule has 0 spiro atoms. The fourth-order valence-corrected chi connectivity index (χ4v) is 2.28. The van der Waals surface area contributed by atoms with Gasteiger partial charge in [0.05, 0.1) is 6.33 Å². The van der Waals surface area contributed by atoms with Crippen molar-refractivity contribution in [2.45, 2.75) is 44.7 Å². The third kappa shape index (κ3) is 3.72. The van der Waals surface area contributed by atoms with E-state index in [-0.39, 0.29) is 12.5 Å². The van der Waals surface area contributed by atoms with Crippen LogP contribution in [0.2, 0.25) is 0 Å². The number of hydrogen-bond donors (Lipinski definition) is 4. The number of urea groups is 1. The summed E-state index contributed by atoms with van der Waals surface area (Å²) in [5.41, 5.74) is 0.671. The van der Waals surface area contributed by atoms with E-state index in [0.29, 0.717) is 11.6 Å². The normalized spacial score (nSPS) is 17.9. The maximum atomic E-state index is 11.8. The van der Waals surface area contributed by atoms with Gasteiger partial charge in [0.25, 0.3) is 0 Å². The molecule has 2 unspecified atom stereocenters. The number of nitrogens with one attached hydrogen (secondary N) is 3. The van der Waals surface area contributed by atoms with Crippen molar-refractivity contribution in [3.8, 4) is 0 Å². The molecule has 1 fully saturated rings. The molecule has 2 amide bonds. The first-order valence-corrected chi connectivity index (χ1v) is 6.83. The molecular weight excluding hydrogens is 260 g/mol. The second kappa shape index (κ2) is 6.40. The number of carboxylic acids is 1. The lowest BCUT2D eigenvalue weighted by atomic mass is 9.80. The van der Waals surface area contributed by atoms with Gasteiger partial charge in [0, 0.05) is 24.4 Å². The van der Waals surface area contributed by atoms with E-state index < -0.39 is 18.0 Å². The van der Waals surface area contributed by atoms with Crippen molar-refractivity contribution >= 4 is 12.0 Å². The van der Waals surface area contributed by atoms with E-state index in [0.717, 1.165) is 12.8 Å². The lowest BCUT2D eigenvalue weighted by Gasteiger charge is -2.32. The lowest BCUT2D eigenvalue weighted by Crippen LogP contribution is -2.51. The van der Waals surface area contributed by atoms with Crippen LogP contribution >= 0.6 is 0 Å². The number of rotatable bonds is 6. The molecule has 2 atom stereocenters. The fourth-order valence-electron chi connectivity index (χ4n) is 2.28. The van der Waals surface area contributed by atoms with Crippen LogP contribution in [0.5, 0.6) is 0 Å². The molecule has 0 bridgehead atoms. The highest BCUT2D eigenvalue weighted by Gasteiger charge is 2.27. The topological polar surface area (TPSA) is 107 Å². The van der Waals surface area contributed by atoms with Crippen LogP contribution in [0, 0.1) is 5.92 Å². The van der Waals surface area contributed by atoms with E-state index in [9.17, 15) is 9.59 Å². The minimum Gasteiger partial charge on any atom is -0.480 e. The zero-order valence-corrected chi connectivity index (χ0v) is 11.4. The van der Waals surface area contributed by atoms with Crippen molar-refractivity contribution in [1.82, 2.24) is 20.6 Å². The smallest absolute Gasteiger partial charge is 0.326 e. The van der Waals surface area contributed by atoms with Crippen LogP contribution in [0.1, 0.15) is 31.9 Å². The van der Waals surface area contributed by atoms with Crippen LogP contribution in [0.25, 0.3) is 0 Å². The third-order valence-corrected chi connectivity index (χ3v) is 3.80. The maximum Gasteiger partial charge on any atom is 0.326 e. The second-order valence-corrected chi connectivity index (χ2v) is 5.27. The van der Waals surface area contributed by atoms with Gasteiger partial charge in [-0.3, -0.25) is 0 Å². The van der Waals surface area contributed by atoms with E-state index >= 15 is 0 Å². The molecule has 1 saturated carbocycles. The lowest BCUT2D eigenvalue weighted by molar-refractivity contribution is -0.139. The second-order valence-electron chi connectivity index (χ2n) is 5.27. The molecule has 1 aromatic rings. The number of aliphatic carboxylic acids is 1. The summed E-state index contributed by atoms with van der Waals surface area (Å²) in [5.74, 6) is -0.553. The summed E-state index contributed by atoms with van der Waals surface area (Å²) in [7, 11) is 0. The van der Waals surface area contributed by atoms with Gasteiger partial charge in [-0.15, -0.1) is 0 Å². The van der Waals surface area contributed by atoms with E-state index in [1.54, 1.807) is 6.20 Å². The van der Waals surface area contributed by atoms with E-state index in [1.165, 1.54) is 12.7 Å². The van der Waals surface area contributed by atoms with Gasteiger partial charge >= 0.3 is 12.0 Å². The SMILES string of the molecule is CC(NC(=O)NC(Cc1cnc[nH]1)C(=O)O)C1CCC1. The van der Waals surface area contributed by atoms with Crippen LogP contribution < -0.4 is 10.6 Å². The fraction of sp³-hybridized carbons (Fsp3) is 0.615. The Morgan fingerprint density at radius 2 is 2.25 bits per heavy atom. The van der Waals surface area contributed by atoms with Crippen molar-refractivity contribution in [2.24, 2.45) is 5.92 Å². The van der Waals surface area contributed by atoms with Gasteiger partial charge in [-0.25, -0.2) is 14.6 Å². The van der Waals surface area contributed by atoms with Crippen LogP contribution in [-0.4, -0.2) is 39.2 Å². The minimum atomic E-state index is -1.06. The van der Waals surface area contributed by atoms with Crippen molar-refractivity contribution in [1.29, 1.82) is 0 Å². The molecule has 20 heavy (non-hydrogen) atoms. The Morgan fingerprint density at radius 3 is 2.75 bits per heavy atom. The average molecular weight is 280 g/mol. The quantitative estimate of drug-likeness (QED) is 0.620. The number of amides is 2. The molecule has 7 nitrogen and oxygen atoms in total. The van der Waals surface area contributed by atoms with Crippen molar-refractivity contribution in [3.05, 3.63) is 18.2 Å². The van der Waals surface area contributed by atoms with Gasteiger partial charge in [0.1, 0.15) is 6.04 Å². The number of carbonyl (C=O) groups is 2. The summed E-state index contributed by atoms with van der Waals surface area (Å²) < 4.78 is 0. The Balaban J connectivity index is 1.83. The third-order valence-electron chi connectivity index (χ3n) is 3.80. The summed E-state index contributed by atoms with van der Waals surface area (Å²) >= 11 is 0. The molecule has 7 heteroatoms. The highest BCUT2D eigenvalue weighted by Crippen LogP contribution is 2.29. The van der Waals surface area contributed by atoms with Crippen molar-refractivity contribution < 1.29 is 14.7 Å². The molecule has 0 saturated heterocycles. The number of hydrogen-bond acceptors (Lipinski definition) is 3. The van der Waals surface area contributed by atoms with E-state index in [4.69, 9.17) is 5.11 Å². The number of carbonyl (C=O) groups excluding carboxylic acids is 1. The Labute approximate surface area is 117 Å².